The first-order valence-electron chi connectivity index (χ1n) is 13.0. The molecule has 3 saturated carbocycles. The summed E-state index contributed by atoms with van der Waals surface area (Å²) in [5.74, 6) is -10.00. The minimum Gasteiger partial charge on any atom is -0.743 e. The van der Waals surface area contributed by atoms with E-state index in [1.807, 2.05) is 6.92 Å². The molecule has 6 unspecified atom stereocenters. The van der Waals surface area contributed by atoms with Gasteiger partial charge in [-0.05, 0) is 25.7 Å². The molecule has 11 nitrogen and oxygen atoms in total. The molecule has 40 heavy (non-hydrogen) atoms. The fourth-order valence-corrected chi connectivity index (χ4v) is 6.82. The molecule has 0 aromatic rings. The highest BCUT2D eigenvalue weighted by atomic mass is 32.2. The Bertz CT molecular complexity index is 1150. The van der Waals surface area contributed by atoms with Crippen LogP contribution in [0.1, 0.15) is 64.7 Å². The highest BCUT2D eigenvalue weighted by molar-refractivity contribution is 7.86. The SMILES string of the molecule is CCC1(C(=O)OC2C3CC4C2OC(=O)C4C3OC(=O)CCC(=O)OCCC(F)(F)C(F)(F)S(=O)(=O)[O-])CCCC1. The molecule has 0 aromatic carbocycles. The van der Waals surface area contributed by atoms with E-state index in [1.165, 1.54) is 0 Å². The first-order valence-corrected chi connectivity index (χ1v) is 14.4. The van der Waals surface area contributed by atoms with Gasteiger partial charge in [-0.25, -0.2) is 8.42 Å². The van der Waals surface area contributed by atoms with Gasteiger partial charge in [-0.15, -0.1) is 0 Å². The molecule has 2 bridgehead atoms. The number of hydrogen-bond donors (Lipinski definition) is 0. The fourth-order valence-electron chi connectivity index (χ4n) is 6.35. The summed E-state index contributed by atoms with van der Waals surface area (Å²) in [7, 11) is -6.67. The Morgan fingerprint density at radius 3 is 2.25 bits per heavy atom. The minimum absolute atomic E-state index is 0.308. The predicted molar refractivity (Wildman–Crippen MR) is 120 cm³/mol. The van der Waals surface area contributed by atoms with E-state index in [1.54, 1.807) is 0 Å². The van der Waals surface area contributed by atoms with Gasteiger partial charge in [-0.1, -0.05) is 19.8 Å². The highest BCUT2D eigenvalue weighted by Crippen LogP contribution is 2.57. The van der Waals surface area contributed by atoms with Crippen molar-refractivity contribution in [2.45, 2.75) is 94.2 Å². The zero-order valence-electron chi connectivity index (χ0n) is 21.4. The van der Waals surface area contributed by atoms with Gasteiger partial charge in [0.2, 0.25) is 0 Å². The Morgan fingerprint density at radius 1 is 1.02 bits per heavy atom. The van der Waals surface area contributed by atoms with Gasteiger partial charge in [-0.2, -0.15) is 17.6 Å². The van der Waals surface area contributed by atoms with Crippen LogP contribution in [-0.4, -0.2) is 72.9 Å². The zero-order chi connectivity index (χ0) is 29.7. The number of hydrogen-bond acceptors (Lipinski definition) is 11. The van der Waals surface area contributed by atoms with Crippen molar-refractivity contribution in [3.8, 4) is 0 Å². The maximum atomic E-state index is 13.4. The third-order valence-corrected chi connectivity index (χ3v) is 9.53. The largest absolute Gasteiger partial charge is 0.743 e. The van der Waals surface area contributed by atoms with Crippen LogP contribution in [-0.2, 0) is 48.2 Å². The van der Waals surface area contributed by atoms with E-state index in [0.29, 0.717) is 25.7 Å². The van der Waals surface area contributed by atoms with Crippen molar-refractivity contribution in [1.29, 1.82) is 0 Å². The monoisotopic (exact) mass is 601 g/mol. The first-order chi connectivity index (χ1) is 18.5. The number of fused-ring (bicyclic) bond motifs is 1. The molecule has 6 atom stereocenters. The molecule has 0 N–H and O–H groups in total. The maximum Gasteiger partial charge on any atom is 0.396 e. The second kappa shape index (κ2) is 10.7. The summed E-state index contributed by atoms with van der Waals surface area (Å²) in [6.45, 7) is 0.562. The first kappa shape index (κ1) is 30.5. The summed E-state index contributed by atoms with van der Waals surface area (Å²) in [5.41, 5.74) is -0.598. The number of ether oxygens (including phenoxy) is 4. The van der Waals surface area contributed by atoms with Crippen molar-refractivity contribution in [3.63, 3.8) is 0 Å². The van der Waals surface area contributed by atoms with Gasteiger partial charge in [0.1, 0.15) is 24.2 Å². The molecular formula is C24H29F4O11S-. The van der Waals surface area contributed by atoms with Gasteiger partial charge in [0, 0.05) is 11.8 Å². The third-order valence-electron chi connectivity index (χ3n) is 8.61. The summed E-state index contributed by atoms with van der Waals surface area (Å²) in [4.78, 5) is 49.8. The Balaban J connectivity index is 1.28. The number of alkyl halides is 4. The van der Waals surface area contributed by atoms with Crippen molar-refractivity contribution in [2.24, 2.45) is 23.2 Å². The number of carbonyl (C=O) groups is 4. The fraction of sp³-hybridized carbons (Fsp3) is 0.833. The quantitative estimate of drug-likeness (QED) is 0.140. The molecule has 226 valence electrons. The molecule has 16 heteroatoms. The van der Waals surface area contributed by atoms with Crippen molar-refractivity contribution >= 4 is 34.0 Å². The van der Waals surface area contributed by atoms with Crippen LogP contribution in [0.15, 0.2) is 0 Å². The summed E-state index contributed by atoms with van der Waals surface area (Å²) in [6.07, 6.45) is -1.41. The molecule has 3 aliphatic carbocycles. The minimum atomic E-state index is -6.67. The van der Waals surface area contributed by atoms with Crippen molar-refractivity contribution in [3.05, 3.63) is 0 Å². The average molecular weight is 602 g/mol. The standard InChI is InChI=1S/C24H30F4O11S/c1-2-22(7-3-4-8-22)21(32)39-19-13-11-12-16(20(31)38-18(12)19)17(13)37-15(30)6-5-14(29)36-10-9-23(25,26)24(27,28)40(33,34)35/h12-13,16-19H,2-11H2,1H3,(H,33,34,35)/p-1. The van der Waals surface area contributed by atoms with Crippen molar-refractivity contribution < 1.29 is 68.7 Å². The second-order valence-corrected chi connectivity index (χ2v) is 12.2. The summed E-state index contributed by atoms with van der Waals surface area (Å²) in [5, 5.41) is -5.91. The second-order valence-electron chi connectivity index (χ2n) is 10.8. The zero-order valence-corrected chi connectivity index (χ0v) is 22.3. The van der Waals surface area contributed by atoms with E-state index in [2.05, 4.69) is 4.74 Å². The number of halogens is 4. The molecule has 4 rings (SSSR count). The lowest BCUT2D eigenvalue weighted by Crippen LogP contribution is -2.47. The van der Waals surface area contributed by atoms with E-state index < -0.39 is 101 Å². The van der Waals surface area contributed by atoms with Gasteiger partial charge in [0.15, 0.2) is 10.1 Å². The van der Waals surface area contributed by atoms with Crippen molar-refractivity contribution in [1.82, 2.24) is 0 Å². The van der Waals surface area contributed by atoms with Crippen LogP contribution in [0.5, 0.6) is 0 Å². The molecule has 1 saturated heterocycles. The molecule has 1 heterocycles. The Labute approximate surface area is 227 Å². The lowest BCUT2D eigenvalue weighted by molar-refractivity contribution is -0.178. The lowest BCUT2D eigenvalue weighted by atomic mass is 9.82. The van der Waals surface area contributed by atoms with Crippen molar-refractivity contribution in [2.75, 3.05) is 6.61 Å². The number of rotatable bonds is 12. The van der Waals surface area contributed by atoms with Gasteiger partial charge in [0.25, 0.3) is 0 Å². The van der Waals surface area contributed by atoms with Gasteiger partial charge in [0.05, 0.1) is 31.3 Å². The lowest BCUT2D eigenvalue weighted by Gasteiger charge is -2.34. The highest BCUT2D eigenvalue weighted by Gasteiger charge is 2.70. The molecule has 4 aliphatic rings. The van der Waals surface area contributed by atoms with E-state index in [9.17, 15) is 49.7 Å². The van der Waals surface area contributed by atoms with Gasteiger partial charge in [-0.3, -0.25) is 19.2 Å². The van der Waals surface area contributed by atoms with E-state index in [-0.39, 0.29) is 11.9 Å². The summed E-state index contributed by atoms with van der Waals surface area (Å²) < 4.78 is 106. The van der Waals surface area contributed by atoms with Gasteiger partial charge < -0.3 is 23.5 Å². The average Bonchev–Trinajstić information content (AvgIpc) is 3.61. The topological polar surface area (TPSA) is 162 Å². The smallest absolute Gasteiger partial charge is 0.396 e. The normalized spacial score (nSPS) is 30.7. The van der Waals surface area contributed by atoms with Crippen LogP contribution in [0.4, 0.5) is 17.6 Å². The van der Waals surface area contributed by atoms with E-state index >= 15 is 0 Å². The third kappa shape index (κ3) is 5.28. The molecular weight excluding hydrogens is 572 g/mol. The van der Waals surface area contributed by atoms with Crippen LogP contribution in [0.3, 0.4) is 0 Å². The Kier molecular flexibility index (Phi) is 8.17. The maximum absolute atomic E-state index is 13.4. The number of carbonyl (C=O) groups excluding carboxylic acids is 4. The van der Waals surface area contributed by atoms with Crippen LogP contribution in [0, 0.1) is 23.2 Å². The Morgan fingerprint density at radius 2 is 1.65 bits per heavy atom. The van der Waals surface area contributed by atoms with E-state index in [4.69, 9.17) is 14.2 Å². The molecule has 1 aliphatic heterocycles. The van der Waals surface area contributed by atoms with Crippen LogP contribution < -0.4 is 0 Å². The summed E-state index contributed by atoms with van der Waals surface area (Å²) in [6, 6.07) is 0. The van der Waals surface area contributed by atoms with E-state index in [0.717, 1.165) is 12.8 Å². The van der Waals surface area contributed by atoms with Crippen LogP contribution in [0.2, 0.25) is 0 Å². The molecule has 0 radical (unpaired) electrons. The predicted octanol–water partition coefficient (Wildman–Crippen LogP) is 2.46. The molecule has 0 amide bonds. The number of esters is 4. The summed E-state index contributed by atoms with van der Waals surface area (Å²) >= 11 is 0. The van der Waals surface area contributed by atoms with Gasteiger partial charge >= 0.3 is 35.1 Å². The van der Waals surface area contributed by atoms with Crippen LogP contribution in [0.25, 0.3) is 0 Å². The molecule has 0 aromatic heterocycles. The Hall–Kier alpha value is -2.49. The van der Waals surface area contributed by atoms with Crippen LogP contribution >= 0.6 is 0 Å². The molecule has 4 fully saturated rings. The molecule has 0 spiro atoms.